The van der Waals surface area contributed by atoms with Gasteiger partial charge >= 0.3 is 0 Å². The van der Waals surface area contributed by atoms with Crippen LogP contribution in [0, 0.1) is 0 Å². The van der Waals surface area contributed by atoms with Crippen LogP contribution in [0.3, 0.4) is 0 Å². The van der Waals surface area contributed by atoms with E-state index in [0.29, 0.717) is 11.8 Å². The summed E-state index contributed by atoms with van der Waals surface area (Å²) < 4.78 is 65.4. The molecule has 6 nitrogen and oxygen atoms in total. The molecule has 114 valence electrons. The molecule has 0 aliphatic rings. The molecule has 0 atom stereocenters. The highest BCUT2D eigenvalue weighted by molar-refractivity contribution is 7.89. The summed E-state index contributed by atoms with van der Waals surface area (Å²) in [5, 5.41) is 0.522. The van der Waals surface area contributed by atoms with Gasteiger partial charge in [0.15, 0.2) is 0 Å². The van der Waals surface area contributed by atoms with Gasteiger partial charge in [0.2, 0.25) is 0 Å². The third-order valence-corrected chi connectivity index (χ3v) is 5.12. The Hall–Kier alpha value is -1.48. The summed E-state index contributed by atoms with van der Waals surface area (Å²) in [6, 6.07) is 7.68. The standard InChI is InChI=1S/C13H14O6S2/c1-2-5-10-8-9-6-3-4-7-11(9)13(21(17,18)19)12(10)20(14,15)16/h3-4,6-8H,2,5H2,1H3,(H,14,15,16)(H,17,18,19). The zero-order chi connectivity index (χ0) is 15.8. The highest BCUT2D eigenvalue weighted by atomic mass is 32.2. The zero-order valence-corrected chi connectivity index (χ0v) is 12.8. The summed E-state index contributed by atoms with van der Waals surface area (Å²) >= 11 is 0. The average molecular weight is 330 g/mol. The highest BCUT2D eigenvalue weighted by Crippen LogP contribution is 2.33. The number of aryl methyl sites for hydroxylation is 1. The van der Waals surface area contributed by atoms with Crippen molar-refractivity contribution in [2.24, 2.45) is 0 Å². The molecule has 2 rings (SSSR count). The third kappa shape index (κ3) is 3.08. The fourth-order valence-corrected chi connectivity index (χ4v) is 4.64. The second-order valence-electron chi connectivity index (χ2n) is 4.62. The molecule has 2 N–H and O–H groups in total. The predicted molar refractivity (Wildman–Crippen MR) is 77.6 cm³/mol. The highest BCUT2D eigenvalue weighted by Gasteiger charge is 2.29. The van der Waals surface area contributed by atoms with Gasteiger partial charge < -0.3 is 0 Å². The van der Waals surface area contributed by atoms with Crippen molar-refractivity contribution >= 4 is 31.0 Å². The van der Waals surface area contributed by atoms with Crippen LogP contribution < -0.4 is 0 Å². The van der Waals surface area contributed by atoms with Crippen molar-refractivity contribution in [1.82, 2.24) is 0 Å². The summed E-state index contributed by atoms with van der Waals surface area (Å²) in [5.41, 5.74) is 0.159. The number of fused-ring (bicyclic) bond motifs is 1. The number of rotatable bonds is 4. The second kappa shape index (κ2) is 5.38. The Kier molecular flexibility index (Phi) is 4.07. The van der Waals surface area contributed by atoms with E-state index in [9.17, 15) is 25.9 Å². The fraction of sp³-hybridized carbons (Fsp3) is 0.231. The van der Waals surface area contributed by atoms with Crippen LogP contribution in [0.5, 0.6) is 0 Å². The van der Waals surface area contributed by atoms with E-state index in [-0.39, 0.29) is 17.4 Å². The van der Waals surface area contributed by atoms with Gasteiger partial charge in [0.25, 0.3) is 20.2 Å². The van der Waals surface area contributed by atoms with Crippen LogP contribution in [-0.2, 0) is 26.7 Å². The summed E-state index contributed by atoms with van der Waals surface area (Å²) in [5.74, 6) is 0. The van der Waals surface area contributed by atoms with Gasteiger partial charge in [-0.05, 0) is 23.4 Å². The monoisotopic (exact) mass is 330 g/mol. The van der Waals surface area contributed by atoms with Crippen molar-refractivity contribution in [1.29, 1.82) is 0 Å². The van der Waals surface area contributed by atoms with Crippen LogP contribution in [0.1, 0.15) is 18.9 Å². The Morgan fingerprint density at radius 2 is 1.52 bits per heavy atom. The summed E-state index contributed by atoms with van der Waals surface area (Å²) in [6.07, 6.45) is 0.800. The van der Waals surface area contributed by atoms with E-state index in [2.05, 4.69) is 0 Å². The fourth-order valence-electron chi connectivity index (χ4n) is 2.34. The van der Waals surface area contributed by atoms with Crippen LogP contribution in [0.2, 0.25) is 0 Å². The molecule has 21 heavy (non-hydrogen) atoms. The van der Waals surface area contributed by atoms with Crippen molar-refractivity contribution in [3.63, 3.8) is 0 Å². The van der Waals surface area contributed by atoms with Gasteiger partial charge in [-0.1, -0.05) is 37.6 Å². The summed E-state index contributed by atoms with van der Waals surface area (Å²) in [6.45, 7) is 1.79. The molecule has 2 aromatic carbocycles. The van der Waals surface area contributed by atoms with Crippen molar-refractivity contribution in [3.8, 4) is 0 Å². The van der Waals surface area contributed by atoms with Gasteiger partial charge in [-0.25, -0.2) is 0 Å². The number of hydrogen-bond donors (Lipinski definition) is 2. The molecule has 0 heterocycles. The maximum Gasteiger partial charge on any atom is 0.296 e. The maximum absolute atomic E-state index is 11.7. The van der Waals surface area contributed by atoms with E-state index in [0.717, 1.165) is 0 Å². The van der Waals surface area contributed by atoms with Crippen LogP contribution in [0.4, 0.5) is 0 Å². The molecule has 0 radical (unpaired) electrons. The summed E-state index contributed by atoms with van der Waals surface area (Å²) in [7, 11) is -9.62. The zero-order valence-electron chi connectivity index (χ0n) is 11.1. The molecule has 2 aromatic rings. The molecule has 0 saturated carbocycles. The molecule has 0 fully saturated rings. The topological polar surface area (TPSA) is 109 Å². The first-order valence-corrected chi connectivity index (χ1v) is 9.04. The lowest BCUT2D eigenvalue weighted by Crippen LogP contribution is -2.12. The SMILES string of the molecule is CCCc1cc2ccccc2c(S(=O)(=O)O)c1S(=O)(=O)O. The molecule has 0 spiro atoms. The van der Waals surface area contributed by atoms with E-state index in [4.69, 9.17) is 0 Å². The van der Waals surface area contributed by atoms with Crippen molar-refractivity contribution in [2.75, 3.05) is 0 Å². The van der Waals surface area contributed by atoms with Gasteiger partial charge in [0.05, 0.1) is 0 Å². The van der Waals surface area contributed by atoms with E-state index in [1.54, 1.807) is 19.1 Å². The predicted octanol–water partition coefficient (Wildman–Crippen LogP) is 2.29. The first-order valence-electron chi connectivity index (χ1n) is 6.16. The molecule has 0 aliphatic heterocycles. The Morgan fingerprint density at radius 3 is 2.05 bits per heavy atom. The molecule has 0 unspecified atom stereocenters. The molecule has 0 aromatic heterocycles. The lowest BCUT2D eigenvalue weighted by Gasteiger charge is -2.13. The van der Waals surface area contributed by atoms with E-state index in [1.165, 1.54) is 18.2 Å². The Labute approximate surface area is 122 Å². The maximum atomic E-state index is 11.7. The first kappa shape index (κ1) is 15.9. The number of hydrogen-bond acceptors (Lipinski definition) is 4. The largest absolute Gasteiger partial charge is 0.296 e. The van der Waals surface area contributed by atoms with Crippen LogP contribution >= 0.6 is 0 Å². The second-order valence-corrected chi connectivity index (χ2v) is 7.33. The Morgan fingerprint density at radius 1 is 0.952 bits per heavy atom. The van der Waals surface area contributed by atoms with Crippen molar-refractivity contribution in [3.05, 3.63) is 35.9 Å². The first-order chi connectivity index (χ1) is 9.66. The van der Waals surface area contributed by atoms with Crippen LogP contribution in [-0.4, -0.2) is 25.9 Å². The molecular formula is C13H14O6S2. The lowest BCUT2D eigenvalue weighted by molar-refractivity contribution is 0.466. The molecule has 0 amide bonds. The van der Waals surface area contributed by atoms with Gasteiger partial charge in [-0.3, -0.25) is 9.11 Å². The smallest absolute Gasteiger partial charge is 0.282 e. The molecule has 8 heteroatoms. The quantitative estimate of drug-likeness (QED) is 0.833. The van der Waals surface area contributed by atoms with E-state index < -0.39 is 30.0 Å². The lowest BCUT2D eigenvalue weighted by atomic mass is 10.0. The van der Waals surface area contributed by atoms with Gasteiger partial charge in [0, 0.05) is 5.39 Å². The summed E-state index contributed by atoms with van der Waals surface area (Å²) in [4.78, 5) is -1.52. The van der Waals surface area contributed by atoms with Crippen LogP contribution in [0.25, 0.3) is 10.8 Å². The van der Waals surface area contributed by atoms with E-state index in [1.807, 2.05) is 0 Å². The Balaban J connectivity index is 3.12. The Bertz CT molecular complexity index is 898. The molecule has 0 aliphatic carbocycles. The minimum absolute atomic E-state index is 0.0486. The molecule has 0 bridgehead atoms. The molecular weight excluding hydrogens is 316 g/mol. The van der Waals surface area contributed by atoms with Gasteiger partial charge in [-0.15, -0.1) is 0 Å². The number of benzene rings is 2. The van der Waals surface area contributed by atoms with Gasteiger partial charge in [-0.2, -0.15) is 16.8 Å². The third-order valence-electron chi connectivity index (χ3n) is 3.07. The van der Waals surface area contributed by atoms with Crippen LogP contribution in [0.15, 0.2) is 40.1 Å². The van der Waals surface area contributed by atoms with Gasteiger partial charge in [0.1, 0.15) is 9.79 Å². The normalized spacial score (nSPS) is 12.7. The van der Waals surface area contributed by atoms with Crippen molar-refractivity contribution < 1.29 is 25.9 Å². The minimum Gasteiger partial charge on any atom is -0.282 e. The minimum atomic E-state index is -4.82. The average Bonchev–Trinajstić information content (AvgIpc) is 2.35. The van der Waals surface area contributed by atoms with Crippen molar-refractivity contribution in [2.45, 2.75) is 29.6 Å². The van der Waals surface area contributed by atoms with E-state index >= 15 is 0 Å². The molecule has 0 saturated heterocycles.